The highest BCUT2D eigenvalue weighted by Crippen LogP contribution is 2.41. The summed E-state index contributed by atoms with van der Waals surface area (Å²) in [6.45, 7) is 1.27. The van der Waals surface area contributed by atoms with Crippen molar-refractivity contribution < 1.29 is 8.42 Å². The van der Waals surface area contributed by atoms with Crippen LogP contribution in [0.3, 0.4) is 0 Å². The van der Waals surface area contributed by atoms with Gasteiger partial charge in [-0.25, -0.2) is 8.42 Å². The van der Waals surface area contributed by atoms with E-state index in [2.05, 4.69) is 17.0 Å². The molecule has 1 saturated heterocycles. The van der Waals surface area contributed by atoms with Crippen LogP contribution < -0.4 is 5.73 Å². The highest BCUT2D eigenvalue weighted by atomic mass is 32.2. The lowest BCUT2D eigenvalue weighted by atomic mass is 10.1. The Labute approximate surface area is 108 Å². The molecule has 0 aromatic heterocycles. The van der Waals surface area contributed by atoms with Crippen LogP contribution >= 0.6 is 0 Å². The maximum absolute atomic E-state index is 11.5. The van der Waals surface area contributed by atoms with Crippen molar-refractivity contribution in [3.8, 4) is 0 Å². The summed E-state index contributed by atoms with van der Waals surface area (Å²) in [4.78, 5) is 2.27. The fourth-order valence-corrected chi connectivity index (χ4v) is 4.26. The van der Waals surface area contributed by atoms with E-state index in [9.17, 15) is 8.42 Å². The minimum atomic E-state index is -2.81. The Morgan fingerprint density at radius 3 is 2.39 bits per heavy atom. The van der Waals surface area contributed by atoms with Crippen molar-refractivity contribution in [1.29, 1.82) is 0 Å². The number of hydrogen-bond donors (Lipinski definition) is 1. The average molecular weight is 266 g/mol. The third-order valence-electron chi connectivity index (χ3n) is 4.05. The lowest BCUT2D eigenvalue weighted by Gasteiger charge is -2.32. The average Bonchev–Trinajstić information content (AvgIpc) is 2.68. The van der Waals surface area contributed by atoms with Crippen LogP contribution in [0.15, 0.2) is 24.3 Å². The van der Waals surface area contributed by atoms with Gasteiger partial charge in [0.1, 0.15) is 0 Å². The first kappa shape index (κ1) is 12.1. The molecule has 2 unspecified atom stereocenters. The SMILES string of the molecule is NC1CC(N2CCS(=O)(=O)CC2)c2ccccc21. The Balaban J connectivity index is 1.83. The maximum Gasteiger partial charge on any atom is 0.152 e. The Morgan fingerprint density at radius 2 is 1.72 bits per heavy atom. The summed E-state index contributed by atoms with van der Waals surface area (Å²) < 4.78 is 22.9. The molecule has 1 aromatic rings. The van der Waals surface area contributed by atoms with Crippen LogP contribution in [-0.4, -0.2) is 37.9 Å². The number of hydrogen-bond acceptors (Lipinski definition) is 4. The standard InChI is InChI=1S/C13H18N2O2S/c14-12-9-13(11-4-2-1-3-10(11)12)15-5-7-18(16,17)8-6-15/h1-4,12-13H,5-9,14H2. The molecule has 1 aromatic carbocycles. The van der Waals surface area contributed by atoms with Gasteiger partial charge >= 0.3 is 0 Å². The quantitative estimate of drug-likeness (QED) is 0.819. The van der Waals surface area contributed by atoms with E-state index in [4.69, 9.17) is 5.73 Å². The van der Waals surface area contributed by atoms with Gasteiger partial charge in [0.2, 0.25) is 0 Å². The Morgan fingerprint density at radius 1 is 1.11 bits per heavy atom. The highest BCUT2D eigenvalue weighted by molar-refractivity contribution is 7.91. The summed E-state index contributed by atoms with van der Waals surface area (Å²) in [6, 6.07) is 8.64. The summed E-state index contributed by atoms with van der Waals surface area (Å²) in [7, 11) is -2.81. The monoisotopic (exact) mass is 266 g/mol. The van der Waals surface area contributed by atoms with Crippen LogP contribution in [-0.2, 0) is 9.84 Å². The van der Waals surface area contributed by atoms with Crippen molar-refractivity contribution in [2.24, 2.45) is 5.73 Å². The van der Waals surface area contributed by atoms with Gasteiger partial charge in [0.15, 0.2) is 9.84 Å². The third-order valence-corrected chi connectivity index (χ3v) is 5.66. The summed E-state index contributed by atoms with van der Waals surface area (Å²) in [5.41, 5.74) is 8.65. The molecule has 5 heteroatoms. The highest BCUT2D eigenvalue weighted by Gasteiger charge is 2.35. The number of sulfone groups is 1. The smallest absolute Gasteiger partial charge is 0.152 e. The van der Waals surface area contributed by atoms with E-state index >= 15 is 0 Å². The summed E-state index contributed by atoms with van der Waals surface area (Å²) in [5, 5.41) is 0. The van der Waals surface area contributed by atoms with Crippen molar-refractivity contribution in [3.05, 3.63) is 35.4 Å². The van der Waals surface area contributed by atoms with E-state index < -0.39 is 9.84 Å². The second kappa shape index (κ2) is 4.33. The summed E-state index contributed by atoms with van der Waals surface area (Å²) in [5.74, 6) is 0.557. The first-order valence-electron chi connectivity index (χ1n) is 6.36. The molecule has 0 spiro atoms. The van der Waals surface area contributed by atoms with Crippen molar-refractivity contribution in [2.45, 2.75) is 18.5 Å². The molecule has 4 nitrogen and oxygen atoms in total. The van der Waals surface area contributed by atoms with E-state index in [0.29, 0.717) is 19.1 Å². The molecule has 0 amide bonds. The molecule has 2 atom stereocenters. The van der Waals surface area contributed by atoms with Gasteiger partial charge in [0, 0.05) is 25.2 Å². The van der Waals surface area contributed by atoms with E-state index in [1.54, 1.807) is 0 Å². The van der Waals surface area contributed by atoms with Crippen LogP contribution in [0.4, 0.5) is 0 Å². The van der Waals surface area contributed by atoms with Gasteiger partial charge in [-0.15, -0.1) is 0 Å². The molecule has 2 N–H and O–H groups in total. The van der Waals surface area contributed by atoms with Gasteiger partial charge in [-0.1, -0.05) is 24.3 Å². The fraction of sp³-hybridized carbons (Fsp3) is 0.538. The Kier molecular flexibility index (Phi) is 2.92. The van der Waals surface area contributed by atoms with E-state index in [-0.39, 0.29) is 17.5 Å². The normalized spacial score (nSPS) is 31.2. The first-order valence-corrected chi connectivity index (χ1v) is 8.18. The molecule has 98 valence electrons. The van der Waals surface area contributed by atoms with Crippen molar-refractivity contribution >= 4 is 9.84 Å². The first-order chi connectivity index (χ1) is 8.57. The number of nitrogens with zero attached hydrogens (tertiary/aromatic N) is 1. The Bertz CT molecular complexity index is 542. The van der Waals surface area contributed by atoms with Crippen molar-refractivity contribution in [3.63, 3.8) is 0 Å². The molecule has 1 aliphatic carbocycles. The van der Waals surface area contributed by atoms with E-state index in [0.717, 1.165) is 6.42 Å². The molecule has 1 heterocycles. The molecule has 1 fully saturated rings. The number of fused-ring (bicyclic) bond motifs is 1. The molecule has 1 aliphatic heterocycles. The van der Waals surface area contributed by atoms with E-state index in [1.807, 2.05) is 12.1 Å². The number of rotatable bonds is 1. The summed E-state index contributed by atoms with van der Waals surface area (Å²) >= 11 is 0. The molecule has 18 heavy (non-hydrogen) atoms. The van der Waals surface area contributed by atoms with Gasteiger partial charge in [-0.3, -0.25) is 4.90 Å². The molecule has 2 aliphatic rings. The van der Waals surface area contributed by atoms with Crippen LogP contribution in [0.25, 0.3) is 0 Å². The van der Waals surface area contributed by atoms with Gasteiger partial charge in [-0.05, 0) is 17.5 Å². The Hall–Kier alpha value is -0.910. The number of nitrogens with two attached hydrogens (primary N) is 1. The van der Waals surface area contributed by atoms with E-state index in [1.165, 1.54) is 11.1 Å². The zero-order chi connectivity index (χ0) is 12.8. The molecule has 0 saturated carbocycles. The lowest BCUT2D eigenvalue weighted by molar-refractivity contribution is 0.208. The second-order valence-corrected chi connectivity index (χ2v) is 7.48. The predicted molar refractivity (Wildman–Crippen MR) is 71.0 cm³/mol. The molecular weight excluding hydrogens is 248 g/mol. The zero-order valence-corrected chi connectivity index (χ0v) is 11.1. The second-order valence-electron chi connectivity index (χ2n) is 5.17. The van der Waals surface area contributed by atoms with Crippen molar-refractivity contribution in [1.82, 2.24) is 4.90 Å². The number of benzene rings is 1. The van der Waals surface area contributed by atoms with Gasteiger partial charge in [0.05, 0.1) is 11.5 Å². The summed E-state index contributed by atoms with van der Waals surface area (Å²) in [6.07, 6.45) is 0.902. The lowest BCUT2D eigenvalue weighted by Crippen LogP contribution is -2.41. The minimum Gasteiger partial charge on any atom is -0.324 e. The van der Waals surface area contributed by atoms with Crippen LogP contribution in [0.5, 0.6) is 0 Å². The van der Waals surface area contributed by atoms with Gasteiger partial charge in [-0.2, -0.15) is 0 Å². The van der Waals surface area contributed by atoms with Crippen molar-refractivity contribution in [2.75, 3.05) is 24.6 Å². The zero-order valence-electron chi connectivity index (χ0n) is 10.2. The molecular formula is C13H18N2O2S. The van der Waals surface area contributed by atoms with Crippen LogP contribution in [0.2, 0.25) is 0 Å². The molecule has 3 rings (SSSR count). The third kappa shape index (κ3) is 2.06. The topological polar surface area (TPSA) is 63.4 Å². The minimum absolute atomic E-state index is 0.0877. The fourth-order valence-electron chi connectivity index (χ4n) is 3.03. The van der Waals surface area contributed by atoms with Crippen LogP contribution in [0, 0.1) is 0 Å². The maximum atomic E-state index is 11.5. The van der Waals surface area contributed by atoms with Crippen LogP contribution in [0.1, 0.15) is 29.6 Å². The largest absolute Gasteiger partial charge is 0.324 e. The molecule has 0 bridgehead atoms. The predicted octanol–water partition coefficient (Wildman–Crippen LogP) is 0.862. The molecule has 0 radical (unpaired) electrons. The van der Waals surface area contributed by atoms with Gasteiger partial charge < -0.3 is 5.73 Å². The van der Waals surface area contributed by atoms with Gasteiger partial charge in [0.25, 0.3) is 0 Å².